The molecule has 0 spiro atoms. The van der Waals surface area contributed by atoms with E-state index in [0.29, 0.717) is 0 Å². The van der Waals surface area contributed by atoms with Crippen molar-refractivity contribution in [3.8, 4) is 0 Å². The fourth-order valence-corrected chi connectivity index (χ4v) is 0.617. The van der Waals surface area contributed by atoms with E-state index in [1.54, 1.807) is 7.05 Å². The maximum atomic E-state index is 11.5. The first-order valence-corrected chi connectivity index (χ1v) is 2.82. The Balaban J connectivity index is 2.45. The van der Waals surface area contributed by atoms with Crippen LogP contribution in [0.5, 0.6) is 0 Å². The Labute approximate surface area is 61.4 Å². The van der Waals surface area contributed by atoms with Crippen molar-refractivity contribution in [2.45, 2.75) is 6.36 Å². The first kappa shape index (κ1) is 8.03. The first-order valence-electron chi connectivity index (χ1n) is 2.82. The third-order valence-electron chi connectivity index (χ3n) is 0.987. The number of ether oxygens (including phenoxy) is 1. The third-order valence-corrected chi connectivity index (χ3v) is 0.987. The van der Waals surface area contributed by atoms with Gasteiger partial charge in [0.05, 0.1) is 6.67 Å². The molecule has 0 amide bonds. The highest BCUT2D eigenvalue weighted by atomic mass is 19.4. The maximum absolute atomic E-state index is 11.5. The lowest BCUT2D eigenvalue weighted by Gasteiger charge is -2.07. The summed E-state index contributed by atoms with van der Waals surface area (Å²) in [6, 6.07) is 0. The minimum Gasteiger partial charge on any atom is -0.388 e. The molecule has 1 N–H and O–H groups in total. The summed E-state index contributed by atoms with van der Waals surface area (Å²) < 4.78 is 38.0. The third kappa shape index (κ3) is 2.57. The second-order valence-corrected chi connectivity index (χ2v) is 2.02. The highest BCUT2D eigenvalue weighted by Gasteiger charge is 2.33. The van der Waals surface area contributed by atoms with Gasteiger partial charge in [-0.15, -0.1) is 13.2 Å². The Kier molecular flexibility index (Phi) is 1.84. The van der Waals surface area contributed by atoms with Crippen LogP contribution in [0.2, 0.25) is 0 Å². The van der Waals surface area contributed by atoms with Crippen LogP contribution in [0.25, 0.3) is 0 Å². The summed E-state index contributed by atoms with van der Waals surface area (Å²) in [5.74, 6) is -0.389. The van der Waals surface area contributed by atoms with Crippen LogP contribution in [0, 0.1) is 6.20 Å². The van der Waals surface area contributed by atoms with E-state index in [9.17, 15) is 13.2 Å². The molecule has 0 saturated heterocycles. The van der Waals surface area contributed by atoms with E-state index in [0.717, 1.165) is 0 Å². The van der Waals surface area contributed by atoms with Crippen LogP contribution in [-0.4, -0.2) is 25.0 Å². The molecule has 0 aromatic carbocycles. The van der Waals surface area contributed by atoms with E-state index in [4.69, 9.17) is 0 Å². The molecule has 63 valence electrons. The summed E-state index contributed by atoms with van der Waals surface area (Å²) in [7, 11) is 1.58. The fraction of sp³-hybridized carbons (Fsp3) is 0.600. The second-order valence-electron chi connectivity index (χ2n) is 2.02. The monoisotopic (exact) mass is 167 g/mol. The molecule has 1 rings (SSSR count). The van der Waals surface area contributed by atoms with E-state index in [1.807, 2.05) is 0 Å². The first-order chi connectivity index (χ1) is 4.97. The Bertz CT molecular complexity index is 177. The number of rotatable bonds is 1. The highest BCUT2D eigenvalue weighted by molar-refractivity contribution is 4.89. The number of nitrogens with zero attached hydrogens (tertiary/aromatic N) is 1. The van der Waals surface area contributed by atoms with Gasteiger partial charge in [-0.25, -0.2) is 0 Å². The molecule has 0 bridgehead atoms. The van der Waals surface area contributed by atoms with Crippen molar-refractivity contribution in [2.75, 3.05) is 13.7 Å². The zero-order valence-electron chi connectivity index (χ0n) is 5.70. The average Bonchev–Trinajstić information content (AvgIpc) is 2.10. The summed E-state index contributed by atoms with van der Waals surface area (Å²) in [5, 5.41) is 2.35. The van der Waals surface area contributed by atoms with Gasteiger partial charge in [-0.3, -0.25) is 0 Å². The fourth-order valence-electron chi connectivity index (χ4n) is 0.617. The lowest BCUT2D eigenvalue weighted by Crippen LogP contribution is -2.21. The SMILES string of the molecule is CN1[C]=C(OC(F)(F)F)NC1. The van der Waals surface area contributed by atoms with Crippen molar-refractivity contribution >= 4 is 0 Å². The van der Waals surface area contributed by atoms with Gasteiger partial charge in [0.15, 0.2) is 0 Å². The molecular weight excluding hydrogens is 161 g/mol. The Morgan fingerprint density at radius 1 is 1.64 bits per heavy atom. The van der Waals surface area contributed by atoms with Crippen LogP contribution in [-0.2, 0) is 4.74 Å². The zero-order valence-corrected chi connectivity index (χ0v) is 5.70. The van der Waals surface area contributed by atoms with E-state index in [1.165, 1.54) is 4.90 Å². The van der Waals surface area contributed by atoms with Gasteiger partial charge in [-0.2, -0.15) is 0 Å². The van der Waals surface area contributed by atoms with Crippen molar-refractivity contribution < 1.29 is 17.9 Å². The van der Waals surface area contributed by atoms with Gasteiger partial charge in [0.2, 0.25) is 5.88 Å². The number of halogens is 3. The second kappa shape index (κ2) is 2.52. The van der Waals surface area contributed by atoms with Gasteiger partial charge in [0, 0.05) is 7.05 Å². The summed E-state index contributed by atoms with van der Waals surface area (Å²) in [4.78, 5) is 1.42. The molecule has 1 heterocycles. The predicted octanol–water partition coefficient (Wildman–Crippen LogP) is 0.617. The number of hydrogen-bond acceptors (Lipinski definition) is 3. The molecule has 1 aliphatic rings. The van der Waals surface area contributed by atoms with Gasteiger partial charge in [-0.1, -0.05) is 0 Å². The molecule has 1 radical (unpaired) electrons. The average molecular weight is 167 g/mol. The van der Waals surface area contributed by atoms with Crippen molar-refractivity contribution in [3.05, 3.63) is 12.1 Å². The Morgan fingerprint density at radius 2 is 2.27 bits per heavy atom. The molecule has 3 nitrogen and oxygen atoms in total. The number of nitrogens with one attached hydrogen (secondary N) is 1. The van der Waals surface area contributed by atoms with Crippen LogP contribution >= 0.6 is 0 Å². The molecule has 0 unspecified atom stereocenters. The van der Waals surface area contributed by atoms with Crippen molar-refractivity contribution in [2.24, 2.45) is 0 Å². The van der Waals surface area contributed by atoms with E-state index >= 15 is 0 Å². The van der Waals surface area contributed by atoms with E-state index in [-0.39, 0.29) is 12.6 Å². The number of alkyl halides is 3. The van der Waals surface area contributed by atoms with Crippen molar-refractivity contribution in [1.29, 1.82) is 0 Å². The standard InChI is InChI=1S/C5H6F3N2O/c1-10-2-4(9-3-10)11-5(6,7)8/h9H,3H2,1H3. The zero-order chi connectivity index (χ0) is 8.48. The maximum Gasteiger partial charge on any atom is 0.574 e. The van der Waals surface area contributed by atoms with Gasteiger partial charge in [0.25, 0.3) is 0 Å². The largest absolute Gasteiger partial charge is 0.574 e. The molecule has 0 fully saturated rings. The molecule has 1 aliphatic heterocycles. The van der Waals surface area contributed by atoms with E-state index in [2.05, 4.69) is 16.3 Å². The summed E-state index contributed by atoms with van der Waals surface area (Å²) in [6.07, 6.45) is -2.33. The van der Waals surface area contributed by atoms with Crippen molar-refractivity contribution in [3.63, 3.8) is 0 Å². The lowest BCUT2D eigenvalue weighted by molar-refractivity contribution is -0.307. The van der Waals surface area contributed by atoms with Crippen LogP contribution in [0.3, 0.4) is 0 Å². The van der Waals surface area contributed by atoms with Gasteiger partial charge in [0.1, 0.15) is 6.20 Å². The topological polar surface area (TPSA) is 24.5 Å². The molecule has 6 heteroatoms. The van der Waals surface area contributed by atoms with E-state index < -0.39 is 6.36 Å². The van der Waals surface area contributed by atoms with Crippen LogP contribution in [0.1, 0.15) is 0 Å². The predicted molar refractivity (Wildman–Crippen MR) is 29.7 cm³/mol. The molecule has 0 aromatic heterocycles. The normalized spacial score (nSPS) is 17.8. The van der Waals surface area contributed by atoms with Gasteiger partial charge in [-0.05, 0) is 0 Å². The quantitative estimate of drug-likeness (QED) is 0.619. The number of hydrogen-bond donors (Lipinski definition) is 1. The van der Waals surface area contributed by atoms with Gasteiger partial charge >= 0.3 is 6.36 Å². The van der Waals surface area contributed by atoms with Crippen LogP contribution in [0.15, 0.2) is 5.88 Å². The summed E-state index contributed by atoms with van der Waals surface area (Å²) >= 11 is 0. The molecule has 0 aromatic rings. The Hall–Kier alpha value is -1.07. The molecular formula is C5H6F3N2O. The van der Waals surface area contributed by atoms with Crippen LogP contribution < -0.4 is 5.32 Å². The lowest BCUT2D eigenvalue weighted by atomic mass is 10.8. The Morgan fingerprint density at radius 3 is 2.64 bits per heavy atom. The molecule has 11 heavy (non-hydrogen) atoms. The van der Waals surface area contributed by atoms with Gasteiger partial charge < -0.3 is 15.0 Å². The molecule has 0 saturated carbocycles. The molecule has 0 atom stereocenters. The summed E-state index contributed by atoms with van der Waals surface area (Å²) in [6.45, 7) is 0.283. The van der Waals surface area contributed by atoms with Crippen molar-refractivity contribution in [1.82, 2.24) is 10.2 Å². The summed E-state index contributed by atoms with van der Waals surface area (Å²) in [5.41, 5.74) is 0. The highest BCUT2D eigenvalue weighted by Crippen LogP contribution is 2.20. The molecule has 0 aliphatic carbocycles. The minimum absolute atomic E-state index is 0.283. The minimum atomic E-state index is -4.64. The smallest absolute Gasteiger partial charge is 0.388 e. The van der Waals surface area contributed by atoms with Crippen LogP contribution in [0.4, 0.5) is 13.2 Å².